The first-order valence-corrected chi connectivity index (χ1v) is 10.2. The first-order valence-electron chi connectivity index (χ1n) is 6.68. The van der Waals surface area contributed by atoms with Gasteiger partial charge in [0.15, 0.2) is 9.84 Å². The second-order valence-electron chi connectivity index (χ2n) is 5.22. The summed E-state index contributed by atoms with van der Waals surface area (Å²) >= 11 is 4.86. The van der Waals surface area contributed by atoms with Gasteiger partial charge >= 0.3 is 0 Å². The number of amides is 1. The van der Waals surface area contributed by atoms with E-state index in [-0.39, 0.29) is 28.7 Å². The van der Waals surface area contributed by atoms with Crippen LogP contribution < -0.4 is 0 Å². The molecule has 0 N–H and O–H groups in total. The van der Waals surface area contributed by atoms with Crippen LogP contribution in [0.3, 0.4) is 0 Å². The van der Waals surface area contributed by atoms with Crippen molar-refractivity contribution in [2.24, 2.45) is 0 Å². The fourth-order valence-electron chi connectivity index (χ4n) is 2.32. The highest BCUT2D eigenvalue weighted by Crippen LogP contribution is 2.27. The molecule has 0 bridgehead atoms. The van der Waals surface area contributed by atoms with E-state index in [0.717, 1.165) is 9.37 Å². The van der Waals surface area contributed by atoms with Gasteiger partial charge in [0, 0.05) is 22.5 Å². The molecule has 1 amide bonds. The van der Waals surface area contributed by atoms with Crippen LogP contribution in [0.15, 0.2) is 33.6 Å². The molecule has 0 saturated carbocycles. The normalized spacial score (nSPS) is 22.0. The van der Waals surface area contributed by atoms with Gasteiger partial charge in [0.25, 0.3) is 0 Å². The monoisotopic (exact) mass is 391 g/mol. The Balaban J connectivity index is 1.97. The fourth-order valence-corrected chi connectivity index (χ4v) is 5.32. The Kier molecular flexibility index (Phi) is 5.38. The highest BCUT2D eigenvalue weighted by atomic mass is 79.9. The number of sulfone groups is 1. The minimum absolute atomic E-state index is 0.0231. The molecule has 2 rings (SSSR count). The van der Waals surface area contributed by atoms with Crippen molar-refractivity contribution in [2.75, 3.05) is 18.6 Å². The number of nitrogens with zero attached hydrogens (tertiary/aromatic N) is 1. The summed E-state index contributed by atoms with van der Waals surface area (Å²) in [4.78, 5) is 15.0. The number of rotatable bonds is 4. The summed E-state index contributed by atoms with van der Waals surface area (Å²) < 4.78 is 24.0. The van der Waals surface area contributed by atoms with Crippen molar-refractivity contribution in [3.63, 3.8) is 0 Å². The quantitative estimate of drug-likeness (QED) is 0.740. The third-order valence-corrected chi connectivity index (χ3v) is 6.96. The van der Waals surface area contributed by atoms with Gasteiger partial charge < -0.3 is 4.90 Å². The van der Waals surface area contributed by atoms with E-state index in [2.05, 4.69) is 15.9 Å². The third-order valence-electron chi connectivity index (χ3n) is 3.58. The van der Waals surface area contributed by atoms with Crippen molar-refractivity contribution >= 4 is 43.4 Å². The molecule has 0 spiro atoms. The summed E-state index contributed by atoms with van der Waals surface area (Å²) in [6.07, 6.45) is 0.542. The maximum Gasteiger partial charge on any atom is 0.235 e. The van der Waals surface area contributed by atoms with Gasteiger partial charge in [-0.25, -0.2) is 8.42 Å². The van der Waals surface area contributed by atoms with Gasteiger partial charge in [-0.05, 0) is 37.6 Å². The van der Waals surface area contributed by atoms with Crippen LogP contribution in [0.1, 0.15) is 13.3 Å². The van der Waals surface area contributed by atoms with Crippen molar-refractivity contribution in [1.29, 1.82) is 0 Å². The molecular weight excluding hydrogens is 374 g/mol. The number of benzene rings is 1. The molecule has 1 aromatic rings. The largest absolute Gasteiger partial charge is 0.341 e. The van der Waals surface area contributed by atoms with Crippen molar-refractivity contribution in [1.82, 2.24) is 4.90 Å². The summed E-state index contributed by atoms with van der Waals surface area (Å²) in [5, 5.41) is -0.237. The molecular formula is C14H18BrNO3S2. The van der Waals surface area contributed by atoms with E-state index < -0.39 is 9.84 Å². The van der Waals surface area contributed by atoms with Crippen molar-refractivity contribution in [2.45, 2.75) is 29.5 Å². The standard InChI is InChI=1S/C14H18BrNO3S2/c1-10(20-13-5-3-11(15)4-6-13)14(17)16(2)12-7-8-21(18,19)9-12/h3-6,10,12H,7-9H2,1-2H3/t10-,12-/m0/s1. The topological polar surface area (TPSA) is 54.5 Å². The highest BCUT2D eigenvalue weighted by molar-refractivity contribution is 9.10. The zero-order valence-corrected chi connectivity index (χ0v) is 15.2. The summed E-state index contributed by atoms with van der Waals surface area (Å²) in [6.45, 7) is 1.86. The maximum atomic E-state index is 12.4. The number of hydrogen-bond donors (Lipinski definition) is 0. The lowest BCUT2D eigenvalue weighted by molar-refractivity contribution is -0.130. The molecule has 1 aliphatic rings. The van der Waals surface area contributed by atoms with E-state index in [4.69, 9.17) is 0 Å². The zero-order valence-electron chi connectivity index (χ0n) is 12.0. The predicted molar refractivity (Wildman–Crippen MR) is 89.3 cm³/mol. The number of halogens is 1. The van der Waals surface area contributed by atoms with Crippen LogP contribution in [-0.2, 0) is 14.6 Å². The molecule has 1 saturated heterocycles. The van der Waals surface area contributed by atoms with Crippen LogP contribution in [0.4, 0.5) is 0 Å². The fraction of sp³-hybridized carbons (Fsp3) is 0.500. The van der Waals surface area contributed by atoms with Crippen molar-refractivity contribution in [3.05, 3.63) is 28.7 Å². The minimum Gasteiger partial charge on any atom is -0.341 e. The van der Waals surface area contributed by atoms with Gasteiger partial charge in [-0.2, -0.15) is 0 Å². The van der Waals surface area contributed by atoms with E-state index in [1.54, 1.807) is 11.9 Å². The van der Waals surface area contributed by atoms with Gasteiger partial charge in [-0.3, -0.25) is 4.79 Å². The second-order valence-corrected chi connectivity index (χ2v) is 9.78. The summed E-state index contributed by atoms with van der Waals surface area (Å²) in [5.41, 5.74) is 0. The molecule has 0 aliphatic carbocycles. The molecule has 7 heteroatoms. The number of thioether (sulfide) groups is 1. The van der Waals surface area contributed by atoms with Crippen molar-refractivity contribution in [3.8, 4) is 0 Å². The minimum atomic E-state index is -2.97. The molecule has 0 unspecified atom stereocenters. The Morgan fingerprint density at radius 1 is 1.38 bits per heavy atom. The van der Waals surface area contributed by atoms with Crippen LogP contribution in [0.2, 0.25) is 0 Å². The molecule has 116 valence electrons. The molecule has 1 heterocycles. The van der Waals surface area contributed by atoms with Gasteiger partial charge in [0.1, 0.15) is 0 Å². The lowest BCUT2D eigenvalue weighted by atomic mass is 10.2. The molecule has 1 fully saturated rings. The second kappa shape index (κ2) is 6.71. The first-order chi connectivity index (χ1) is 9.78. The molecule has 0 aromatic heterocycles. The number of hydrogen-bond acceptors (Lipinski definition) is 4. The summed E-state index contributed by atoms with van der Waals surface area (Å²) in [6, 6.07) is 7.60. The van der Waals surface area contributed by atoms with E-state index in [0.29, 0.717) is 6.42 Å². The molecule has 21 heavy (non-hydrogen) atoms. The van der Waals surface area contributed by atoms with E-state index in [1.807, 2.05) is 31.2 Å². The van der Waals surface area contributed by atoms with Crippen molar-refractivity contribution < 1.29 is 13.2 Å². The van der Waals surface area contributed by atoms with Gasteiger partial charge in [0.2, 0.25) is 5.91 Å². The van der Waals surface area contributed by atoms with Crippen LogP contribution in [0.25, 0.3) is 0 Å². The first kappa shape index (κ1) is 16.8. The summed E-state index contributed by atoms with van der Waals surface area (Å²) in [5.74, 6) is 0.249. The Morgan fingerprint density at radius 2 is 2.00 bits per heavy atom. The number of carbonyl (C=O) groups excluding carboxylic acids is 1. The van der Waals surface area contributed by atoms with E-state index in [1.165, 1.54) is 11.8 Å². The zero-order chi connectivity index (χ0) is 15.6. The lowest BCUT2D eigenvalue weighted by Crippen LogP contribution is -2.41. The smallest absolute Gasteiger partial charge is 0.235 e. The molecule has 0 radical (unpaired) electrons. The Labute approximate surface area is 138 Å². The highest BCUT2D eigenvalue weighted by Gasteiger charge is 2.34. The SMILES string of the molecule is C[C@H](Sc1ccc(Br)cc1)C(=O)N(C)[C@H]1CCS(=O)(=O)C1. The van der Waals surface area contributed by atoms with Crippen LogP contribution in [0, 0.1) is 0 Å². The average Bonchev–Trinajstić information content (AvgIpc) is 2.80. The molecule has 2 atom stereocenters. The average molecular weight is 392 g/mol. The van der Waals surface area contributed by atoms with Crippen LogP contribution in [-0.4, -0.2) is 49.1 Å². The maximum absolute atomic E-state index is 12.4. The molecule has 1 aliphatic heterocycles. The van der Waals surface area contributed by atoms with Crippen LogP contribution in [0.5, 0.6) is 0 Å². The molecule has 1 aromatic carbocycles. The third kappa shape index (κ3) is 4.47. The predicted octanol–water partition coefficient (Wildman–Crippen LogP) is 2.58. The van der Waals surface area contributed by atoms with E-state index >= 15 is 0 Å². The number of carbonyl (C=O) groups is 1. The van der Waals surface area contributed by atoms with E-state index in [9.17, 15) is 13.2 Å². The van der Waals surface area contributed by atoms with Gasteiger partial charge in [-0.15, -0.1) is 11.8 Å². The lowest BCUT2D eigenvalue weighted by Gasteiger charge is -2.26. The van der Waals surface area contributed by atoms with Gasteiger partial charge in [-0.1, -0.05) is 15.9 Å². The Bertz CT molecular complexity index is 616. The summed E-state index contributed by atoms with van der Waals surface area (Å²) in [7, 11) is -1.27. The van der Waals surface area contributed by atoms with Crippen LogP contribution >= 0.6 is 27.7 Å². The molecule has 4 nitrogen and oxygen atoms in total. The Hall–Kier alpha value is -0.530. The van der Waals surface area contributed by atoms with Gasteiger partial charge in [0.05, 0.1) is 16.8 Å². The Morgan fingerprint density at radius 3 is 2.52 bits per heavy atom.